The number of nitrogens with zero attached hydrogens (tertiary/aromatic N) is 2. The van der Waals surface area contributed by atoms with Crippen LogP contribution in [-0.2, 0) is 7.05 Å². The van der Waals surface area contributed by atoms with Crippen molar-refractivity contribution in [2.45, 2.75) is 6.92 Å². The van der Waals surface area contributed by atoms with Crippen LogP contribution in [-0.4, -0.2) is 9.78 Å². The van der Waals surface area contributed by atoms with Crippen LogP contribution in [0.2, 0.25) is 0 Å². The zero-order chi connectivity index (χ0) is 10.1. The Labute approximate surface area is 82.0 Å². The van der Waals surface area contributed by atoms with Gasteiger partial charge < -0.3 is 0 Å². The smallest absolute Gasteiger partial charge is 0.126 e. The van der Waals surface area contributed by atoms with Gasteiger partial charge in [-0.2, -0.15) is 5.10 Å². The van der Waals surface area contributed by atoms with Gasteiger partial charge in [0.1, 0.15) is 5.82 Å². The minimum Gasteiger partial charge on any atom is -0.275 e. The van der Waals surface area contributed by atoms with E-state index in [2.05, 4.69) is 5.10 Å². The van der Waals surface area contributed by atoms with Gasteiger partial charge in [-0.1, -0.05) is 12.1 Å². The highest BCUT2D eigenvalue weighted by atomic mass is 19.1. The fourth-order valence-corrected chi connectivity index (χ4v) is 1.34. The van der Waals surface area contributed by atoms with Crippen molar-refractivity contribution < 1.29 is 4.39 Å². The van der Waals surface area contributed by atoms with Crippen molar-refractivity contribution >= 4 is 0 Å². The van der Waals surface area contributed by atoms with E-state index < -0.39 is 0 Å². The van der Waals surface area contributed by atoms with Crippen LogP contribution in [0.5, 0.6) is 0 Å². The SMILES string of the molecule is Cc1ccc(-c2cnn(C)c2)cc1F. The van der Waals surface area contributed by atoms with Crippen LogP contribution in [0.3, 0.4) is 0 Å². The summed E-state index contributed by atoms with van der Waals surface area (Å²) in [6, 6.07) is 5.21. The van der Waals surface area contributed by atoms with Gasteiger partial charge in [-0.25, -0.2) is 4.39 Å². The Morgan fingerprint density at radius 3 is 2.64 bits per heavy atom. The first-order chi connectivity index (χ1) is 6.66. The van der Waals surface area contributed by atoms with Crippen molar-refractivity contribution in [3.05, 3.63) is 42.0 Å². The summed E-state index contributed by atoms with van der Waals surface area (Å²) in [5.41, 5.74) is 2.46. The third-order valence-electron chi connectivity index (χ3n) is 2.21. The van der Waals surface area contributed by atoms with E-state index in [4.69, 9.17) is 0 Å². The summed E-state index contributed by atoms with van der Waals surface area (Å²) >= 11 is 0. The summed E-state index contributed by atoms with van der Waals surface area (Å²) < 4.78 is 14.9. The Morgan fingerprint density at radius 1 is 1.29 bits per heavy atom. The molecular weight excluding hydrogens is 179 g/mol. The number of aromatic nitrogens is 2. The molecule has 1 aromatic carbocycles. The van der Waals surface area contributed by atoms with E-state index >= 15 is 0 Å². The fraction of sp³-hybridized carbons (Fsp3) is 0.182. The van der Waals surface area contributed by atoms with Gasteiger partial charge in [0, 0.05) is 18.8 Å². The standard InChI is InChI=1S/C11H11FN2/c1-8-3-4-9(5-11(8)12)10-6-13-14(2)7-10/h3-7H,1-2H3. The Morgan fingerprint density at radius 2 is 2.07 bits per heavy atom. The van der Waals surface area contributed by atoms with Crippen molar-refractivity contribution in [1.82, 2.24) is 9.78 Å². The van der Waals surface area contributed by atoms with Crippen LogP contribution >= 0.6 is 0 Å². The fourth-order valence-electron chi connectivity index (χ4n) is 1.34. The van der Waals surface area contributed by atoms with E-state index in [1.165, 1.54) is 6.07 Å². The molecule has 0 spiro atoms. The van der Waals surface area contributed by atoms with Gasteiger partial charge in [0.05, 0.1) is 6.20 Å². The number of halogens is 1. The summed E-state index contributed by atoms with van der Waals surface area (Å²) in [4.78, 5) is 0. The highest BCUT2D eigenvalue weighted by Crippen LogP contribution is 2.20. The normalized spacial score (nSPS) is 10.5. The maximum atomic E-state index is 13.2. The topological polar surface area (TPSA) is 17.8 Å². The predicted molar refractivity (Wildman–Crippen MR) is 53.3 cm³/mol. The zero-order valence-corrected chi connectivity index (χ0v) is 8.16. The molecule has 0 fully saturated rings. The summed E-state index contributed by atoms with van der Waals surface area (Å²) in [6.07, 6.45) is 3.59. The molecule has 0 aliphatic heterocycles. The van der Waals surface area contributed by atoms with E-state index in [0.29, 0.717) is 5.56 Å². The molecule has 2 nitrogen and oxygen atoms in total. The van der Waals surface area contributed by atoms with Crippen LogP contribution in [0.25, 0.3) is 11.1 Å². The third kappa shape index (κ3) is 1.53. The third-order valence-corrected chi connectivity index (χ3v) is 2.21. The lowest BCUT2D eigenvalue weighted by Crippen LogP contribution is -1.85. The molecule has 2 aromatic rings. The second kappa shape index (κ2) is 3.25. The van der Waals surface area contributed by atoms with Crippen molar-refractivity contribution in [3.63, 3.8) is 0 Å². The largest absolute Gasteiger partial charge is 0.275 e. The Kier molecular flexibility index (Phi) is 2.08. The van der Waals surface area contributed by atoms with Gasteiger partial charge in [-0.05, 0) is 24.1 Å². The van der Waals surface area contributed by atoms with Gasteiger partial charge >= 0.3 is 0 Å². The van der Waals surface area contributed by atoms with E-state index in [9.17, 15) is 4.39 Å². The average molecular weight is 190 g/mol. The Hall–Kier alpha value is -1.64. The molecule has 1 aromatic heterocycles. The monoisotopic (exact) mass is 190 g/mol. The lowest BCUT2D eigenvalue weighted by molar-refractivity contribution is 0.619. The summed E-state index contributed by atoms with van der Waals surface area (Å²) in [6.45, 7) is 1.75. The molecule has 72 valence electrons. The first kappa shape index (κ1) is 8.94. The molecule has 14 heavy (non-hydrogen) atoms. The van der Waals surface area contributed by atoms with Crippen LogP contribution < -0.4 is 0 Å². The lowest BCUT2D eigenvalue weighted by Gasteiger charge is -1.99. The lowest BCUT2D eigenvalue weighted by atomic mass is 10.1. The second-order valence-electron chi connectivity index (χ2n) is 3.37. The van der Waals surface area contributed by atoms with Gasteiger partial charge in [0.15, 0.2) is 0 Å². The highest BCUT2D eigenvalue weighted by Gasteiger charge is 2.03. The molecule has 0 N–H and O–H groups in total. The molecule has 0 saturated carbocycles. The minimum atomic E-state index is -0.175. The molecule has 2 rings (SSSR count). The second-order valence-corrected chi connectivity index (χ2v) is 3.37. The molecule has 1 heterocycles. The summed E-state index contributed by atoms with van der Waals surface area (Å²) in [7, 11) is 1.84. The van der Waals surface area contributed by atoms with Crippen molar-refractivity contribution in [1.29, 1.82) is 0 Å². The quantitative estimate of drug-likeness (QED) is 0.675. The van der Waals surface area contributed by atoms with Crippen molar-refractivity contribution in [2.24, 2.45) is 7.05 Å². The number of hydrogen-bond donors (Lipinski definition) is 0. The molecule has 0 unspecified atom stereocenters. The van der Waals surface area contributed by atoms with Crippen molar-refractivity contribution in [3.8, 4) is 11.1 Å². The van der Waals surface area contributed by atoms with Gasteiger partial charge in [0.25, 0.3) is 0 Å². The molecule has 0 radical (unpaired) electrons. The number of hydrogen-bond acceptors (Lipinski definition) is 1. The highest BCUT2D eigenvalue weighted by molar-refractivity contribution is 5.62. The first-order valence-electron chi connectivity index (χ1n) is 4.42. The Balaban J connectivity index is 2.47. The molecule has 3 heteroatoms. The molecule has 0 amide bonds. The molecular formula is C11H11FN2. The maximum Gasteiger partial charge on any atom is 0.126 e. The molecule has 0 saturated heterocycles. The minimum absolute atomic E-state index is 0.175. The van der Waals surface area contributed by atoms with Crippen LogP contribution in [0, 0.1) is 12.7 Å². The van der Waals surface area contributed by atoms with E-state index in [-0.39, 0.29) is 5.82 Å². The van der Waals surface area contributed by atoms with Crippen LogP contribution in [0.1, 0.15) is 5.56 Å². The number of rotatable bonds is 1. The van der Waals surface area contributed by atoms with E-state index in [1.807, 2.05) is 19.3 Å². The summed E-state index contributed by atoms with van der Waals surface area (Å²) in [5, 5.41) is 4.04. The predicted octanol–water partition coefficient (Wildman–Crippen LogP) is 2.53. The molecule has 0 atom stereocenters. The van der Waals surface area contributed by atoms with Gasteiger partial charge in [0.2, 0.25) is 0 Å². The zero-order valence-electron chi connectivity index (χ0n) is 8.16. The molecule has 0 bridgehead atoms. The molecule has 0 aliphatic rings. The first-order valence-corrected chi connectivity index (χ1v) is 4.42. The number of benzene rings is 1. The van der Waals surface area contributed by atoms with Crippen LogP contribution in [0.15, 0.2) is 30.6 Å². The van der Waals surface area contributed by atoms with Gasteiger partial charge in [-0.15, -0.1) is 0 Å². The molecule has 0 aliphatic carbocycles. The van der Waals surface area contributed by atoms with Crippen molar-refractivity contribution in [2.75, 3.05) is 0 Å². The van der Waals surface area contributed by atoms with E-state index in [1.54, 1.807) is 23.9 Å². The van der Waals surface area contributed by atoms with Crippen LogP contribution in [0.4, 0.5) is 4.39 Å². The average Bonchev–Trinajstić information content (AvgIpc) is 2.57. The van der Waals surface area contributed by atoms with Gasteiger partial charge in [-0.3, -0.25) is 4.68 Å². The maximum absolute atomic E-state index is 13.2. The summed E-state index contributed by atoms with van der Waals surface area (Å²) in [5.74, 6) is -0.175. The Bertz CT molecular complexity index is 460. The number of aryl methyl sites for hydroxylation is 2. The van der Waals surface area contributed by atoms with E-state index in [0.717, 1.165) is 11.1 Å².